The summed E-state index contributed by atoms with van der Waals surface area (Å²) >= 11 is 1.69. The van der Waals surface area contributed by atoms with E-state index in [-0.39, 0.29) is 4.75 Å². The lowest BCUT2D eigenvalue weighted by Crippen LogP contribution is -2.41. The summed E-state index contributed by atoms with van der Waals surface area (Å²) < 4.78 is 5.10. The number of aromatic nitrogens is 1. The van der Waals surface area contributed by atoms with Crippen LogP contribution in [0.3, 0.4) is 0 Å². The summed E-state index contributed by atoms with van der Waals surface area (Å²) in [5.74, 6) is 0.861. The standard InChI is InChI=1S/C15H21N3OS/c1-12-8-14(19-2)9-13(17-12)10-18-6-4-15(11-16,20-3)5-7-18/h8-9H,4-7,10H2,1-3H3. The van der Waals surface area contributed by atoms with E-state index in [0.717, 1.165) is 49.6 Å². The predicted octanol–water partition coefficient (Wildman–Crippen LogP) is 2.62. The van der Waals surface area contributed by atoms with Crippen LogP contribution in [0.25, 0.3) is 0 Å². The first kappa shape index (κ1) is 15.1. The fourth-order valence-corrected chi connectivity index (χ4v) is 3.25. The maximum absolute atomic E-state index is 9.30. The molecule has 108 valence electrons. The van der Waals surface area contributed by atoms with Crippen molar-refractivity contribution in [2.75, 3.05) is 26.5 Å². The molecule has 0 bridgehead atoms. The van der Waals surface area contributed by atoms with Crippen LogP contribution in [0.15, 0.2) is 12.1 Å². The Labute approximate surface area is 125 Å². The summed E-state index contributed by atoms with van der Waals surface area (Å²) in [6.07, 6.45) is 3.88. The molecule has 0 aliphatic carbocycles. The van der Waals surface area contributed by atoms with Gasteiger partial charge in [-0.1, -0.05) is 0 Å². The van der Waals surface area contributed by atoms with E-state index >= 15 is 0 Å². The van der Waals surface area contributed by atoms with Gasteiger partial charge in [0, 0.05) is 37.5 Å². The molecule has 4 nitrogen and oxygen atoms in total. The van der Waals surface area contributed by atoms with Crippen molar-refractivity contribution in [2.45, 2.75) is 31.1 Å². The molecular formula is C15H21N3OS. The Bertz CT molecular complexity index is 504. The number of ether oxygens (including phenoxy) is 1. The number of nitriles is 1. The quantitative estimate of drug-likeness (QED) is 0.853. The van der Waals surface area contributed by atoms with E-state index in [0.29, 0.717) is 0 Å². The van der Waals surface area contributed by atoms with Crippen molar-refractivity contribution in [3.05, 3.63) is 23.5 Å². The third-order valence-corrected chi connectivity index (χ3v) is 5.14. The highest BCUT2D eigenvalue weighted by atomic mass is 32.2. The van der Waals surface area contributed by atoms with Crippen LogP contribution >= 0.6 is 11.8 Å². The van der Waals surface area contributed by atoms with E-state index in [1.807, 2.05) is 25.3 Å². The van der Waals surface area contributed by atoms with Crippen LogP contribution < -0.4 is 4.74 Å². The maximum atomic E-state index is 9.30. The van der Waals surface area contributed by atoms with E-state index in [2.05, 4.69) is 16.0 Å². The first-order chi connectivity index (χ1) is 9.60. The second-order valence-electron chi connectivity index (χ2n) is 5.23. The number of nitrogens with zero attached hydrogens (tertiary/aromatic N) is 3. The number of hydrogen-bond donors (Lipinski definition) is 0. The molecule has 0 aromatic carbocycles. The maximum Gasteiger partial charge on any atom is 0.122 e. The van der Waals surface area contributed by atoms with Crippen molar-refractivity contribution in [3.63, 3.8) is 0 Å². The molecule has 1 aliphatic heterocycles. The Morgan fingerprint density at radius 3 is 2.70 bits per heavy atom. The summed E-state index contributed by atoms with van der Waals surface area (Å²) in [5.41, 5.74) is 2.02. The Balaban J connectivity index is 1.99. The number of hydrogen-bond acceptors (Lipinski definition) is 5. The van der Waals surface area contributed by atoms with E-state index in [4.69, 9.17) is 4.74 Å². The van der Waals surface area contributed by atoms with E-state index in [1.165, 1.54) is 0 Å². The highest BCUT2D eigenvalue weighted by Crippen LogP contribution is 2.34. The average Bonchev–Trinajstić information content (AvgIpc) is 2.48. The van der Waals surface area contributed by atoms with Crippen molar-refractivity contribution in [3.8, 4) is 11.8 Å². The first-order valence-electron chi connectivity index (χ1n) is 6.81. The normalized spacial score (nSPS) is 18.5. The molecule has 0 atom stereocenters. The number of rotatable bonds is 4. The molecule has 20 heavy (non-hydrogen) atoms. The van der Waals surface area contributed by atoms with Gasteiger partial charge < -0.3 is 4.74 Å². The highest BCUT2D eigenvalue weighted by Gasteiger charge is 2.33. The molecule has 0 radical (unpaired) electrons. The molecule has 0 saturated carbocycles. The van der Waals surface area contributed by atoms with Crippen LogP contribution in [0.2, 0.25) is 0 Å². The molecule has 1 aromatic heterocycles. The molecule has 2 heterocycles. The number of methoxy groups -OCH3 is 1. The zero-order valence-electron chi connectivity index (χ0n) is 12.3. The van der Waals surface area contributed by atoms with Crippen LogP contribution in [0.4, 0.5) is 0 Å². The summed E-state index contributed by atoms with van der Waals surface area (Å²) in [6.45, 7) is 4.71. The van der Waals surface area contributed by atoms with Crippen LogP contribution in [0.1, 0.15) is 24.2 Å². The van der Waals surface area contributed by atoms with Crippen LogP contribution in [0.5, 0.6) is 5.75 Å². The van der Waals surface area contributed by atoms with Gasteiger partial charge in [0.2, 0.25) is 0 Å². The summed E-state index contributed by atoms with van der Waals surface area (Å²) in [7, 11) is 1.68. The lowest BCUT2D eigenvalue weighted by molar-refractivity contribution is 0.207. The Morgan fingerprint density at radius 1 is 1.45 bits per heavy atom. The summed E-state index contributed by atoms with van der Waals surface area (Å²) in [6, 6.07) is 6.41. The van der Waals surface area contributed by atoms with Crippen molar-refractivity contribution < 1.29 is 4.74 Å². The van der Waals surface area contributed by atoms with Gasteiger partial charge in [-0.3, -0.25) is 9.88 Å². The molecule has 1 saturated heterocycles. The number of pyridine rings is 1. The van der Waals surface area contributed by atoms with E-state index < -0.39 is 0 Å². The van der Waals surface area contributed by atoms with Crippen LogP contribution in [-0.4, -0.2) is 41.1 Å². The minimum absolute atomic E-state index is 0.186. The molecule has 0 amide bonds. The van der Waals surface area contributed by atoms with Crippen LogP contribution in [-0.2, 0) is 6.54 Å². The minimum Gasteiger partial charge on any atom is -0.497 e. The van der Waals surface area contributed by atoms with Gasteiger partial charge in [-0.05, 0) is 26.0 Å². The fourth-order valence-electron chi connectivity index (χ4n) is 2.56. The number of likely N-dealkylation sites (tertiary alicyclic amines) is 1. The smallest absolute Gasteiger partial charge is 0.122 e. The van der Waals surface area contributed by atoms with Crippen molar-refractivity contribution in [1.29, 1.82) is 5.26 Å². The third kappa shape index (κ3) is 3.44. The number of piperidine rings is 1. The van der Waals surface area contributed by atoms with Gasteiger partial charge in [0.25, 0.3) is 0 Å². The van der Waals surface area contributed by atoms with Gasteiger partial charge >= 0.3 is 0 Å². The van der Waals surface area contributed by atoms with E-state index in [9.17, 15) is 5.26 Å². The Morgan fingerprint density at radius 2 is 2.15 bits per heavy atom. The second-order valence-corrected chi connectivity index (χ2v) is 6.42. The second kappa shape index (κ2) is 6.47. The summed E-state index contributed by atoms with van der Waals surface area (Å²) in [5, 5.41) is 9.30. The van der Waals surface area contributed by atoms with Gasteiger partial charge in [-0.2, -0.15) is 5.26 Å². The van der Waals surface area contributed by atoms with Crippen molar-refractivity contribution in [1.82, 2.24) is 9.88 Å². The zero-order chi connectivity index (χ0) is 14.6. The topological polar surface area (TPSA) is 49.1 Å². The van der Waals surface area contributed by atoms with Crippen molar-refractivity contribution >= 4 is 11.8 Å². The zero-order valence-corrected chi connectivity index (χ0v) is 13.2. The van der Waals surface area contributed by atoms with Gasteiger partial charge in [-0.25, -0.2) is 0 Å². The molecule has 1 aromatic rings. The predicted molar refractivity (Wildman–Crippen MR) is 81.9 cm³/mol. The minimum atomic E-state index is -0.186. The van der Waals surface area contributed by atoms with Gasteiger partial charge in [0.1, 0.15) is 10.5 Å². The lowest BCUT2D eigenvalue weighted by atomic mass is 9.97. The lowest BCUT2D eigenvalue weighted by Gasteiger charge is -2.36. The molecule has 5 heteroatoms. The number of thioether (sulfide) groups is 1. The third-order valence-electron chi connectivity index (χ3n) is 3.86. The molecular weight excluding hydrogens is 270 g/mol. The van der Waals surface area contributed by atoms with Gasteiger partial charge in [-0.15, -0.1) is 11.8 Å². The van der Waals surface area contributed by atoms with Crippen molar-refractivity contribution in [2.24, 2.45) is 0 Å². The molecule has 0 unspecified atom stereocenters. The fraction of sp³-hybridized carbons (Fsp3) is 0.600. The molecule has 0 N–H and O–H groups in total. The highest BCUT2D eigenvalue weighted by molar-refractivity contribution is 8.00. The SMILES string of the molecule is COc1cc(C)nc(CN2CCC(C#N)(SC)CC2)c1. The molecule has 1 aliphatic rings. The average molecular weight is 291 g/mol. The van der Waals surface area contributed by atoms with Gasteiger partial charge in [0.15, 0.2) is 0 Å². The van der Waals surface area contributed by atoms with E-state index in [1.54, 1.807) is 18.9 Å². The molecule has 1 fully saturated rings. The Hall–Kier alpha value is -1.25. The van der Waals surface area contributed by atoms with Crippen LogP contribution in [0, 0.1) is 18.3 Å². The monoisotopic (exact) mass is 291 g/mol. The largest absolute Gasteiger partial charge is 0.497 e. The summed E-state index contributed by atoms with van der Waals surface area (Å²) in [4.78, 5) is 6.93. The number of aryl methyl sites for hydroxylation is 1. The molecule has 2 rings (SSSR count). The first-order valence-corrected chi connectivity index (χ1v) is 8.03. The Kier molecular flexibility index (Phi) is 4.90. The molecule has 0 spiro atoms. The van der Waals surface area contributed by atoms with Gasteiger partial charge in [0.05, 0.1) is 18.9 Å².